The number of ether oxygens (including phenoxy) is 1. The summed E-state index contributed by atoms with van der Waals surface area (Å²) in [6, 6.07) is 6.15. The molecule has 0 amide bonds. The average molecular weight is 193 g/mol. The molecular formula is C12H19NO. The maximum absolute atomic E-state index is 5.35. The lowest BCUT2D eigenvalue weighted by atomic mass is 10.1. The predicted octanol–water partition coefficient (Wildman–Crippen LogP) is 3.07. The van der Waals surface area contributed by atoms with Crippen molar-refractivity contribution in [1.82, 2.24) is 0 Å². The van der Waals surface area contributed by atoms with Gasteiger partial charge in [0.1, 0.15) is 5.75 Å². The van der Waals surface area contributed by atoms with Crippen LogP contribution >= 0.6 is 0 Å². The van der Waals surface area contributed by atoms with Crippen molar-refractivity contribution >= 4 is 5.69 Å². The van der Waals surface area contributed by atoms with E-state index < -0.39 is 0 Å². The second kappa shape index (κ2) is 4.89. The van der Waals surface area contributed by atoms with Crippen molar-refractivity contribution in [2.24, 2.45) is 5.92 Å². The Hall–Kier alpha value is -1.18. The van der Waals surface area contributed by atoms with Gasteiger partial charge in [-0.15, -0.1) is 0 Å². The van der Waals surface area contributed by atoms with Gasteiger partial charge < -0.3 is 10.1 Å². The number of hydrogen-bond donors (Lipinski definition) is 1. The van der Waals surface area contributed by atoms with E-state index in [-0.39, 0.29) is 0 Å². The average Bonchev–Trinajstić information content (AvgIpc) is 2.14. The molecular weight excluding hydrogens is 174 g/mol. The van der Waals surface area contributed by atoms with Crippen LogP contribution in [0, 0.1) is 12.8 Å². The molecule has 0 aliphatic carbocycles. The number of methoxy groups -OCH3 is 1. The van der Waals surface area contributed by atoms with E-state index in [1.807, 2.05) is 12.1 Å². The van der Waals surface area contributed by atoms with Crippen LogP contribution in [0.3, 0.4) is 0 Å². The molecule has 1 rings (SSSR count). The van der Waals surface area contributed by atoms with Crippen molar-refractivity contribution in [3.8, 4) is 5.75 Å². The molecule has 0 saturated carbocycles. The Morgan fingerprint density at radius 1 is 1.36 bits per heavy atom. The largest absolute Gasteiger partial charge is 0.494 e. The van der Waals surface area contributed by atoms with E-state index in [1.54, 1.807) is 7.11 Å². The molecule has 14 heavy (non-hydrogen) atoms. The van der Waals surface area contributed by atoms with Gasteiger partial charge in [0.2, 0.25) is 0 Å². The van der Waals surface area contributed by atoms with Gasteiger partial charge in [-0.05, 0) is 24.5 Å². The molecule has 0 saturated heterocycles. The SMILES string of the molecule is COc1c(C)cccc1NCC(C)C. The highest BCUT2D eigenvalue weighted by atomic mass is 16.5. The third-order valence-corrected chi connectivity index (χ3v) is 2.12. The first-order chi connectivity index (χ1) is 6.65. The van der Waals surface area contributed by atoms with Crippen LogP contribution in [0.4, 0.5) is 5.69 Å². The van der Waals surface area contributed by atoms with Crippen LogP contribution in [0.15, 0.2) is 18.2 Å². The number of benzene rings is 1. The molecule has 2 heteroatoms. The number of anilines is 1. The van der Waals surface area contributed by atoms with Gasteiger partial charge in [-0.2, -0.15) is 0 Å². The van der Waals surface area contributed by atoms with Gasteiger partial charge in [0.15, 0.2) is 0 Å². The third kappa shape index (κ3) is 2.66. The number of nitrogens with one attached hydrogen (secondary N) is 1. The van der Waals surface area contributed by atoms with Gasteiger partial charge >= 0.3 is 0 Å². The lowest BCUT2D eigenvalue weighted by molar-refractivity contribution is 0.413. The summed E-state index contributed by atoms with van der Waals surface area (Å²) >= 11 is 0. The molecule has 0 aromatic heterocycles. The second-order valence-electron chi connectivity index (χ2n) is 3.93. The van der Waals surface area contributed by atoms with E-state index in [0.29, 0.717) is 5.92 Å². The topological polar surface area (TPSA) is 21.3 Å². The van der Waals surface area contributed by atoms with Crippen LogP contribution in [0.2, 0.25) is 0 Å². The van der Waals surface area contributed by atoms with Gasteiger partial charge in [0.05, 0.1) is 12.8 Å². The monoisotopic (exact) mass is 193 g/mol. The Kier molecular flexibility index (Phi) is 3.81. The van der Waals surface area contributed by atoms with Crippen LogP contribution in [0.5, 0.6) is 5.75 Å². The smallest absolute Gasteiger partial charge is 0.144 e. The quantitative estimate of drug-likeness (QED) is 0.793. The molecule has 0 heterocycles. The molecule has 0 fully saturated rings. The molecule has 0 aliphatic heterocycles. The summed E-state index contributed by atoms with van der Waals surface area (Å²) < 4.78 is 5.35. The first kappa shape index (κ1) is 10.9. The Morgan fingerprint density at radius 3 is 2.64 bits per heavy atom. The number of rotatable bonds is 4. The number of hydrogen-bond acceptors (Lipinski definition) is 2. The second-order valence-corrected chi connectivity index (χ2v) is 3.93. The fourth-order valence-corrected chi connectivity index (χ4v) is 1.38. The van der Waals surface area contributed by atoms with E-state index in [0.717, 1.165) is 18.0 Å². The maximum Gasteiger partial charge on any atom is 0.144 e. The molecule has 1 aromatic rings. The molecule has 0 aliphatic rings. The van der Waals surface area contributed by atoms with Crippen LogP contribution in [-0.4, -0.2) is 13.7 Å². The molecule has 0 spiro atoms. The number of aryl methyl sites for hydroxylation is 1. The normalized spacial score (nSPS) is 10.4. The Morgan fingerprint density at radius 2 is 2.07 bits per heavy atom. The Bertz CT molecular complexity index is 294. The molecule has 2 nitrogen and oxygen atoms in total. The van der Waals surface area contributed by atoms with Crippen molar-refractivity contribution in [2.45, 2.75) is 20.8 Å². The molecule has 1 N–H and O–H groups in total. The minimum Gasteiger partial charge on any atom is -0.494 e. The highest BCUT2D eigenvalue weighted by molar-refractivity contribution is 5.59. The summed E-state index contributed by atoms with van der Waals surface area (Å²) in [5.41, 5.74) is 2.25. The van der Waals surface area contributed by atoms with Gasteiger partial charge in [-0.1, -0.05) is 26.0 Å². The minimum absolute atomic E-state index is 0.639. The van der Waals surface area contributed by atoms with E-state index in [1.165, 1.54) is 5.56 Å². The van der Waals surface area contributed by atoms with Crippen LogP contribution in [0.1, 0.15) is 19.4 Å². The van der Waals surface area contributed by atoms with Crippen LogP contribution in [-0.2, 0) is 0 Å². The summed E-state index contributed by atoms with van der Waals surface area (Å²) in [7, 11) is 1.71. The molecule has 0 unspecified atom stereocenters. The highest BCUT2D eigenvalue weighted by Crippen LogP contribution is 2.27. The summed E-state index contributed by atoms with van der Waals surface area (Å²) in [6.07, 6.45) is 0. The van der Waals surface area contributed by atoms with Crippen molar-refractivity contribution in [1.29, 1.82) is 0 Å². The number of para-hydroxylation sites is 1. The zero-order chi connectivity index (χ0) is 10.6. The fraction of sp³-hybridized carbons (Fsp3) is 0.500. The predicted molar refractivity (Wildman–Crippen MR) is 61.1 cm³/mol. The van der Waals surface area contributed by atoms with Crippen molar-refractivity contribution in [2.75, 3.05) is 19.0 Å². The van der Waals surface area contributed by atoms with Crippen molar-refractivity contribution in [3.63, 3.8) is 0 Å². The van der Waals surface area contributed by atoms with Gasteiger partial charge in [-0.25, -0.2) is 0 Å². The molecule has 0 atom stereocenters. The zero-order valence-corrected chi connectivity index (χ0v) is 9.42. The summed E-state index contributed by atoms with van der Waals surface area (Å²) in [6.45, 7) is 7.41. The van der Waals surface area contributed by atoms with E-state index >= 15 is 0 Å². The lowest BCUT2D eigenvalue weighted by Crippen LogP contribution is -2.09. The Labute approximate surface area is 86.3 Å². The van der Waals surface area contributed by atoms with Crippen molar-refractivity contribution < 1.29 is 4.74 Å². The van der Waals surface area contributed by atoms with Crippen LogP contribution in [0.25, 0.3) is 0 Å². The van der Waals surface area contributed by atoms with E-state index in [9.17, 15) is 0 Å². The first-order valence-electron chi connectivity index (χ1n) is 5.02. The standard InChI is InChI=1S/C12H19NO/c1-9(2)8-13-11-7-5-6-10(3)12(11)14-4/h5-7,9,13H,8H2,1-4H3. The van der Waals surface area contributed by atoms with Crippen molar-refractivity contribution in [3.05, 3.63) is 23.8 Å². The van der Waals surface area contributed by atoms with Gasteiger partial charge in [0.25, 0.3) is 0 Å². The maximum atomic E-state index is 5.35. The minimum atomic E-state index is 0.639. The lowest BCUT2D eigenvalue weighted by Gasteiger charge is -2.14. The van der Waals surface area contributed by atoms with E-state index in [4.69, 9.17) is 4.74 Å². The highest BCUT2D eigenvalue weighted by Gasteiger charge is 2.04. The molecule has 78 valence electrons. The fourth-order valence-electron chi connectivity index (χ4n) is 1.38. The zero-order valence-electron chi connectivity index (χ0n) is 9.42. The summed E-state index contributed by atoms with van der Waals surface area (Å²) in [5.74, 6) is 1.59. The van der Waals surface area contributed by atoms with Gasteiger partial charge in [0, 0.05) is 6.54 Å². The van der Waals surface area contributed by atoms with Crippen LogP contribution < -0.4 is 10.1 Å². The van der Waals surface area contributed by atoms with E-state index in [2.05, 4.69) is 32.2 Å². The summed E-state index contributed by atoms with van der Waals surface area (Å²) in [5, 5.41) is 3.38. The first-order valence-corrected chi connectivity index (χ1v) is 5.02. The summed E-state index contributed by atoms with van der Waals surface area (Å²) in [4.78, 5) is 0. The van der Waals surface area contributed by atoms with Gasteiger partial charge in [-0.3, -0.25) is 0 Å². The molecule has 0 bridgehead atoms. The molecule has 1 aromatic carbocycles. The third-order valence-electron chi connectivity index (χ3n) is 2.12. The molecule has 0 radical (unpaired) electrons. The Balaban J connectivity index is 2.80.